The lowest BCUT2D eigenvalue weighted by Crippen LogP contribution is -1.82. The minimum absolute atomic E-state index is 0.649. The minimum atomic E-state index is 0.649. The molecule has 0 aliphatic carbocycles. The highest BCUT2D eigenvalue weighted by molar-refractivity contribution is 6.09. The Morgan fingerprint density at radius 3 is 2.17 bits per heavy atom. The number of hydrogen-bond donors (Lipinski definition) is 0. The lowest BCUT2D eigenvalue weighted by atomic mass is 10.0. The quantitative estimate of drug-likeness (QED) is 0.305. The van der Waals surface area contributed by atoms with Gasteiger partial charge >= 0.3 is 0 Å². The van der Waals surface area contributed by atoms with Gasteiger partial charge in [0.15, 0.2) is 5.58 Å². The fraction of sp³-hybridized carbons (Fsp3) is 0.0741. The number of aromatic nitrogens is 1. The van der Waals surface area contributed by atoms with Crippen molar-refractivity contribution in [3.63, 3.8) is 0 Å². The smallest absolute Gasteiger partial charge is 0.227 e. The third kappa shape index (κ3) is 2.49. The molecule has 30 heavy (non-hydrogen) atoms. The van der Waals surface area contributed by atoms with Gasteiger partial charge in [0, 0.05) is 21.9 Å². The number of furan rings is 1. The Kier molecular flexibility index (Phi) is 3.59. The van der Waals surface area contributed by atoms with Crippen LogP contribution >= 0.6 is 0 Å². The average Bonchev–Trinajstić information content (AvgIpc) is 3.39. The molecule has 3 heteroatoms. The summed E-state index contributed by atoms with van der Waals surface area (Å²) >= 11 is 0. The van der Waals surface area contributed by atoms with E-state index in [1.807, 2.05) is 25.1 Å². The molecule has 2 aromatic heterocycles. The first-order chi connectivity index (χ1) is 14.7. The van der Waals surface area contributed by atoms with Gasteiger partial charge in [0.05, 0.1) is 0 Å². The second kappa shape index (κ2) is 6.33. The van der Waals surface area contributed by atoms with Crippen LogP contribution in [0.2, 0.25) is 0 Å². The predicted molar refractivity (Wildman–Crippen MR) is 122 cm³/mol. The van der Waals surface area contributed by atoms with Gasteiger partial charge in [-0.1, -0.05) is 60.7 Å². The number of rotatable bonds is 2. The Labute approximate surface area is 173 Å². The Balaban J connectivity index is 1.46. The number of oxazole rings is 1. The van der Waals surface area contributed by atoms with Crippen LogP contribution in [0.5, 0.6) is 0 Å². The SMILES string of the molecule is Cc1ccc(C)c2oc(-c3ccc(-c4cccc5c4oc4ccccc45)cc3)nc12. The summed E-state index contributed by atoms with van der Waals surface area (Å²) in [4.78, 5) is 4.74. The van der Waals surface area contributed by atoms with Crippen molar-refractivity contribution in [1.29, 1.82) is 0 Å². The molecule has 0 saturated heterocycles. The summed E-state index contributed by atoms with van der Waals surface area (Å²) in [5.74, 6) is 0.649. The molecule has 6 aromatic rings. The fourth-order valence-electron chi connectivity index (χ4n) is 4.15. The molecule has 3 nitrogen and oxygen atoms in total. The van der Waals surface area contributed by atoms with Crippen LogP contribution in [0.3, 0.4) is 0 Å². The Morgan fingerprint density at radius 2 is 1.33 bits per heavy atom. The number of nitrogens with zero attached hydrogens (tertiary/aromatic N) is 1. The van der Waals surface area contributed by atoms with Gasteiger partial charge in [-0.25, -0.2) is 4.98 Å². The standard InChI is InChI=1S/C27H19NO2/c1-16-10-11-17(2)25-24(16)28-27(30-25)19-14-12-18(13-15-19)20-7-5-8-22-21-6-3-4-9-23(21)29-26(20)22/h3-15H,1-2H3. The van der Waals surface area contributed by atoms with Gasteiger partial charge in [0.25, 0.3) is 0 Å². The van der Waals surface area contributed by atoms with E-state index >= 15 is 0 Å². The van der Waals surface area contributed by atoms with E-state index in [0.29, 0.717) is 5.89 Å². The van der Waals surface area contributed by atoms with Crippen molar-refractivity contribution in [2.24, 2.45) is 0 Å². The fourth-order valence-corrected chi connectivity index (χ4v) is 4.15. The second-order valence-electron chi connectivity index (χ2n) is 7.75. The van der Waals surface area contributed by atoms with E-state index in [-0.39, 0.29) is 0 Å². The van der Waals surface area contributed by atoms with Gasteiger partial charge in [0.1, 0.15) is 16.7 Å². The van der Waals surface area contributed by atoms with Crippen LogP contribution in [0.4, 0.5) is 0 Å². The highest BCUT2D eigenvalue weighted by atomic mass is 16.3. The molecule has 0 radical (unpaired) electrons. The maximum Gasteiger partial charge on any atom is 0.227 e. The lowest BCUT2D eigenvalue weighted by Gasteiger charge is -2.04. The highest BCUT2D eigenvalue weighted by Gasteiger charge is 2.14. The van der Waals surface area contributed by atoms with Crippen LogP contribution < -0.4 is 0 Å². The molecular weight excluding hydrogens is 370 g/mol. The average molecular weight is 389 g/mol. The number of para-hydroxylation sites is 2. The first kappa shape index (κ1) is 17.0. The van der Waals surface area contributed by atoms with Crippen molar-refractivity contribution < 1.29 is 8.83 Å². The van der Waals surface area contributed by atoms with Gasteiger partial charge in [-0.2, -0.15) is 0 Å². The van der Waals surface area contributed by atoms with Crippen LogP contribution in [0.1, 0.15) is 11.1 Å². The molecule has 0 atom stereocenters. The third-order valence-corrected chi connectivity index (χ3v) is 5.79. The van der Waals surface area contributed by atoms with E-state index < -0.39 is 0 Å². The van der Waals surface area contributed by atoms with Gasteiger partial charge in [0.2, 0.25) is 5.89 Å². The zero-order valence-corrected chi connectivity index (χ0v) is 16.8. The first-order valence-corrected chi connectivity index (χ1v) is 10.1. The molecular formula is C27H19NO2. The molecule has 6 rings (SSSR count). The Morgan fingerprint density at radius 1 is 0.600 bits per heavy atom. The molecule has 0 amide bonds. The largest absolute Gasteiger partial charge is 0.455 e. The molecule has 0 spiro atoms. The molecule has 0 saturated carbocycles. The van der Waals surface area contributed by atoms with Crippen molar-refractivity contribution >= 4 is 33.0 Å². The predicted octanol–water partition coefficient (Wildman–Crippen LogP) is 7.68. The molecule has 0 fully saturated rings. The van der Waals surface area contributed by atoms with Crippen molar-refractivity contribution in [3.8, 4) is 22.6 Å². The summed E-state index contributed by atoms with van der Waals surface area (Å²) < 4.78 is 12.3. The van der Waals surface area contributed by atoms with Crippen molar-refractivity contribution in [1.82, 2.24) is 4.98 Å². The van der Waals surface area contributed by atoms with Crippen molar-refractivity contribution in [3.05, 3.63) is 90.0 Å². The zero-order valence-electron chi connectivity index (χ0n) is 16.8. The van der Waals surface area contributed by atoms with Crippen molar-refractivity contribution in [2.45, 2.75) is 13.8 Å². The van der Waals surface area contributed by atoms with E-state index in [0.717, 1.165) is 60.9 Å². The Bertz CT molecular complexity index is 1510. The number of aryl methyl sites for hydroxylation is 2. The summed E-state index contributed by atoms with van der Waals surface area (Å²) in [6, 6.07) is 26.9. The molecule has 0 aliphatic rings. The summed E-state index contributed by atoms with van der Waals surface area (Å²) in [5.41, 5.74) is 8.99. The van der Waals surface area contributed by atoms with E-state index in [9.17, 15) is 0 Å². The number of fused-ring (bicyclic) bond motifs is 4. The first-order valence-electron chi connectivity index (χ1n) is 10.1. The molecule has 2 heterocycles. The summed E-state index contributed by atoms with van der Waals surface area (Å²) in [7, 11) is 0. The molecule has 0 unspecified atom stereocenters. The monoisotopic (exact) mass is 389 g/mol. The van der Waals surface area contributed by atoms with E-state index in [1.165, 1.54) is 0 Å². The summed E-state index contributed by atoms with van der Waals surface area (Å²) in [6.07, 6.45) is 0. The highest BCUT2D eigenvalue weighted by Crippen LogP contribution is 2.36. The van der Waals surface area contributed by atoms with Gasteiger partial charge in [-0.3, -0.25) is 0 Å². The lowest BCUT2D eigenvalue weighted by molar-refractivity contribution is 0.617. The second-order valence-corrected chi connectivity index (χ2v) is 7.75. The summed E-state index contributed by atoms with van der Waals surface area (Å²) in [6.45, 7) is 4.11. The zero-order chi connectivity index (χ0) is 20.2. The van der Waals surface area contributed by atoms with E-state index in [2.05, 4.69) is 67.6 Å². The van der Waals surface area contributed by atoms with Crippen LogP contribution in [-0.2, 0) is 0 Å². The van der Waals surface area contributed by atoms with Crippen LogP contribution in [0.25, 0.3) is 55.6 Å². The topological polar surface area (TPSA) is 39.2 Å². The Hall–Kier alpha value is -3.85. The number of hydrogen-bond acceptors (Lipinski definition) is 3. The minimum Gasteiger partial charge on any atom is -0.455 e. The molecule has 144 valence electrons. The van der Waals surface area contributed by atoms with Gasteiger partial charge < -0.3 is 8.83 Å². The van der Waals surface area contributed by atoms with Crippen molar-refractivity contribution in [2.75, 3.05) is 0 Å². The van der Waals surface area contributed by atoms with Crippen LogP contribution in [0, 0.1) is 13.8 Å². The van der Waals surface area contributed by atoms with Crippen LogP contribution in [0.15, 0.2) is 87.7 Å². The maximum atomic E-state index is 6.19. The maximum absolute atomic E-state index is 6.19. The van der Waals surface area contributed by atoms with Crippen LogP contribution in [-0.4, -0.2) is 4.98 Å². The normalized spacial score (nSPS) is 11.7. The van der Waals surface area contributed by atoms with Gasteiger partial charge in [-0.05, 0) is 48.7 Å². The molecule has 0 bridgehead atoms. The number of benzene rings is 4. The molecule has 0 aliphatic heterocycles. The van der Waals surface area contributed by atoms with Gasteiger partial charge in [-0.15, -0.1) is 0 Å². The van der Waals surface area contributed by atoms with E-state index in [4.69, 9.17) is 13.8 Å². The van der Waals surface area contributed by atoms with E-state index in [1.54, 1.807) is 0 Å². The third-order valence-electron chi connectivity index (χ3n) is 5.79. The molecule has 0 N–H and O–H groups in total. The molecule has 4 aromatic carbocycles. The summed E-state index contributed by atoms with van der Waals surface area (Å²) in [5, 5.41) is 2.28.